The predicted octanol–water partition coefficient (Wildman–Crippen LogP) is 4.07. The molecule has 0 fully saturated rings. The van der Waals surface area contributed by atoms with Gasteiger partial charge in [-0.3, -0.25) is 4.79 Å². The number of aryl methyl sites for hydroxylation is 2. The molecule has 1 aliphatic rings. The Kier molecular flexibility index (Phi) is 6.02. The van der Waals surface area contributed by atoms with Crippen LogP contribution in [0.4, 0.5) is 0 Å². The van der Waals surface area contributed by atoms with Crippen LogP contribution in [-0.2, 0) is 24.8 Å². The molecule has 5 rings (SSSR count). The number of pyridine rings is 1. The Hall–Kier alpha value is -3.71. The molecule has 4 aromatic rings. The molecule has 7 heteroatoms. The summed E-state index contributed by atoms with van der Waals surface area (Å²) in [5.74, 6) is -0.414. The Bertz CT molecular complexity index is 1420. The van der Waals surface area contributed by atoms with Crippen LogP contribution in [0.5, 0.6) is 0 Å². The van der Waals surface area contributed by atoms with Gasteiger partial charge in [-0.25, -0.2) is 9.48 Å². The van der Waals surface area contributed by atoms with Gasteiger partial charge in [0.25, 0.3) is 5.56 Å². The number of carbonyl (C=O) groups excluding carboxylic acids is 1. The predicted molar refractivity (Wildman–Crippen MR) is 131 cm³/mol. The smallest absolute Gasteiger partial charge is 0.341 e. The molecule has 0 unspecified atom stereocenters. The highest BCUT2D eigenvalue weighted by Gasteiger charge is 2.24. The van der Waals surface area contributed by atoms with Crippen molar-refractivity contribution in [2.24, 2.45) is 7.05 Å². The fourth-order valence-electron chi connectivity index (χ4n) is 4.88. The Morgan fingerprint density at radius 2 is 1.97 bits per heavy atom. The van der Waals surface area contributed by atoms with E-state index < -0.39 is 5.97 Å². The largest absolute Gasteiger partial charge is 0.462 e. The maximum absolute atomic E-state index is 12.8. The zero-order chi connectivity index (χ0) is 23.7. The summed E-state index contributed by atoms with van der Waals surface area (Å²) in [5, 5.41) is 9.08. The monoisotopic (exact) mass is 456 g/mol. The molecule has 1 aliphatic carbocycles. The topological polar surface area (TPSA) is 78.2 Å². The van der Waals surface area contributed by atoms with E-state index in [-0.39, 0.29) is 18.2 Å². The van der Waals surface area contributed by atoms with Crippen molar-refractivity contribution in [1.82, 2.24) is 19.7 Å². The van der Waals surface area contributed by atoms with Crippen molar-refractivity contribution in [3.8, 4) is 5.69 Å². The molecule has 0 saturated heterocycles. The highest BCUT2D eigenvalue weighted by Crippen LogP contribution is 2.30. The van der Waals surface area contributed by atoms with Gasteiger partial charge in [-0.1, -0.05) is 42.5 Å². The van der Waals surface area contributed by atoms with Gasteiger partial charge in [-0.15, -0.1) is 0 Å². The number of fused-ring (bicyclic) bond motifs is 2. The molecule has 0 bridgehead atoms. The van der Waals surface area contributed by atoms with Gasteiger partial charge >= 0.3 is 5.97 Å². The van der Waals surface area contributed by atoms with Crippen molar-refractivity contribution in [3.63, 3.8) is 0 Å². The number of nitrogens with one attached hydrogen (secondary N) is 1. The van der Waals surface area contributed by atoms with E-state index >= 15 is 0 Å². The van der Waals surface area contributed by atoms with Crippen molar-refractivity contribution in [3.05, 3.63) is 93.5 Å². The Labute approximate surface area is 198 Å². The SMILES string of the molecule is CCOC(=O)c1cnn(-c2cc(=O)n(C)c3ccccc23)c1CN[C@@H]1CCCc2ccccc21. The lowest BCUT2D eigenvalue weighted by atomic mass is 9.88. The molecule has 2 heterocycles. The molecule has 0 saturated carbocycles. The van der Waals surface area contributed by atoms with Crippen LogP contribution in [0.15, 0.2) is 65.6 Å². The van der Waals surface area contributed by atoms with Crippen LogP contribution in [-0.4, -0.2) is 26.9 Å². The van der Waals surface area contributed by atoms with Gasteiger partial charge in [0.15, 0.2) is 0 Å². The summed E-state index contributed by atoms with van der Waals surface area (Å²) in [6.45, 7) is 2.48. The van der Waals surface area contributed by atoms with Gasteiger partial charge in [0, 0.05) is 31.1 Å². The molecule has 0 amide bonds. The number of rotatable bonds is 6. The lowest BCUT2D eigenvalue weighted by molar-refractivity contribution is 0.0524. The van der Waals surface area contributed by atoms with Crippen molar-refractivity contribution in [2.75, 3.05) is 6.61 Å². The average Bonchev–Trinajstić information content (AvgIpc) is 3.29. The Morgan fingerprint density at radius 3 is 2.82 bits per heavy atom. The number of hydrogen-bond acceptors (Lipinski definition) is 5. The summed E-state index contributed by atoms with van der Waals surface area (Å²) in [4.78, 5) is 25.5. The van der Waals surface area contributed by atoms with Gasteiger partial charge in [0.1, 0.15) is 5.56 Å². The number of carbonyl (C=O) groups is 1. The lowest BCUT2D eigenvalue weighted by Gasteiger charge is -2.27. The third kappa shape index (κ3) is 3.92. The van der Waals surface area contributed by atoms with E-state index in [1.807, 2.05) is 24.3 Å². The second-order valence-electron chi connectivity index (χ2n) is 8.61. The molecular formula is C27H28N4O3. The number of para-hydroxylation sites is 1. The fourth-order valence-corrected chi connectivity index (χ4v) is 4.88. The molecule has 0 radical (unpaired) electrons. The Morgan fingerprint density at radius 1 is 1.18 bits per heavy atom. The third-order valence-corrected chi connectivity index (χ3v) is 6.61. The van der Waals surface area contributed by atoms with E-state index in [2.05, 4.69) is 34.7 Å². The van der Waals surface area contributed by atoms with Gasteiger partial charge < -0.3 is 14.6 Å². The normalized spacial score (nSPS) is 15.3. The zero-order valence-corrected chi connectivity index (χ0v) is 19.5. The average molecular weight is 457 g/mol. The fraction of sp³-hybridized carbons (Fsp3) is 0.296. The summed E-state index contributed by atoms with van der Waals surface area (Å²) in [6, 6.07) is 18.0. The highest BCUT2D eigenvalue weighted by atomic mass is 16.5. The van der Waals surface area contributed by atoms with E-state index in [1.54, 1.807) is 29.3 Å². The first kappa shape index (κ1) is 22.1. The minimum atomic E-state index is -0.414. The molecule has 0 spiro atoms. The molecule has 2 aromatic heterocycles. The van der Waals surface area contributed by atoms with E-state index in [4.69, 9.17) is 4.74 Å². The van der Waals surface area contributed by atoms with E-state index in [0.717, 1.165) is 30.2 Å². The molecule has 7 nitrogen and oxygen atoms in total. The van der Waals surface area contributed by atoms with Gasteiger partial charge in [-0.2, -0.15) is 5.10 Å². The number of ether oxygens (including phenoxy) is 1. The Balaban J connectivity index is 1.59. The molecule has 34 heavy (non-hydrogen) atoms. The number of nitrogens with zero attached hydrogens (tertiary/aromatic N) is 3. The van der Waals surface area contributed by atoms with Gasteiger partial charge in [0.05, 0.1) is 29.7 Å². The molecule has 2 aromatic carbocycles. The van der Waals surface area contributed by atoms with E-state index in [0.29, 0.717) is 23.5 Å². The standard InChI is InChI=1S/C27H28N4O3/c1-3-34-27(33)21-16-29-31(24-15-26(32)30(2)23-14-7-6-12-20(23)24)25(21)17-28-22-13-8-10-18-9-4-5-11-19(18)22/h4-7,9,11-12,14-16,22,28H,3,8,10,13,17H2,1-2H3/t22-/m1/s1. The lowest BCUT2D eigenvalue weighted by Crippen LogP contribution is -2.27. The van der Waals surface area contributed by atoms with Gasteiger partial charge in [0.2, 0.25) is 0 Å². The quantitative estimate of drug-likeness (QED) is 0.443. The molecule has 174 valence electrons. The summed E-state index contributed by atoms with van der Waals surface area (Å²) in [6.07, 6.45) is 4.75. The van der Waals surface area contributed by atoms with Crippen molar-refractivity contribution in [2.45, 2.75) is 38.8 Å². The van der Waals surface area contributed by atoms with Crippen LogP contribution in [0.25, 0.3) is 16.6 Å². The first-order valence-corrected chi connectivity index (χ1v) is 11.7. The first-order chi connectivity index (χ1) is 16.6. The maximum atomic E-state index is 12.8. The summed E-state index contributed by atoms with van der Waals surface area (Å²) in [5.41, 5.74) is 5.07. The van der Waals surface area contributed by atoms with Crippen LogP contribution in [0.3, 0.4) is 0 Å². The zero-order valence-electron chi connectivity index (χ0n) is 19.5. The second-order valence-corrected chi connectivity index (χ2v) is 8.61. The van der Waals surface area contributed by atoms with E-state index in [9.17, 15) is 9.59 Å². The van der Waals surface area contributed by atoms with Crippen molar-refractivity contribution >= 4 is 16.9 Å². The number of esters is 1. The maximum Gasteiger partial charge on any atom is 0.341 e. The van der Waals surface area contributed by atoms with Crippen LogP contribution in [0.1, 0.15) is 53.0 Å². The molecular weight excluding hydrogens is 428 g/mol. The van der Waals surface area contributed by atoms with Crippen LogP contribution >= 0.6 is 0 Å². The van der Waals surface area contributed by atoms with Crippen molar-refractivity contribution < 1.29 is 9.53 Å². The highest BCUT2D eigenvalue weighted by molar-refractivity contribution is 5.92. The first-order valence-electron chi connectivity index (χ1n) is 11.7. The minimum Gasteiger partial charge on any atom is -0.462 e. The third-order valence-electron chi connectivity index (χ3n) is 6.61. The number of hydrogen-bond donors (Lipinski definition) is 1. The molecule has 1 N–H and O–H groups in total. The van der Waals surface area contributed by atoms with E-state index in [1.165, 1.54) is 17.3 Å². The minimum absolute atomic E-state index is 0.137. The number of aromatic nitrogens is 3. The molecule has 1 atom stereocenters. The molecule has 0 aliphatic heterocycles. The summed E-state index contributed by atoms with van der Waals surface area (Å²) in [7, 11) is 1.75. The van der Waals surface area contributed by atoms with Crippen molar-refractivity contribution in [1.29, 1.82) is 0 Å². The van der Waals surface area contributed by atoms with Gasteiger partial charge in [-0.05, 0) is 43.4 Å². The van der Waals surface area contributed by atoms with Crippen LogP contribution < -0.4 is 10.9 Å². The van der Waals surface area contributed by atoms with Crippen LogP contribution in [0, 0.1) is 0 Å². The second kappa shape index (κ2) is 9.27. The summed E-state index contributed by atoms with van der Waals surface area (Å²) >= 11 is 0. The summed E-state index contributed by atoms with van der Waals surface area (Å²) < 4.78 is 8.63. The van der Waals surface area contributed by atoms with Crippen LogP contribution in [0.2, 0.25) is 0 Å². The number of benzene rings is 2.